The average Bonchev–Trinajstić information content (AvgIpc) is 2.00. The van der Waals surface area contributed by atoms with Gasteiger partial charge in [0.15, 0.2) is 6.10 Å². The Morgan fingerprint density at radius 3 is 2.10 bits per heavy atom. The van der Waals surface area contributed by atoms with E-state index in [0.29, 0.717) is 0 Å². The lowest BCUT2D eigenvalue weighted by molar-refractivity contribution is -0.0588. The molecule has 0 aliphatic carbocycles. The first kappa shape index (κ1) is 9.33. The van der Waals surface area contributed by atoms with Gasteiger partial charge in [-0.25, -0.2) is 0 Å². The Kier molecular flexibility index (Phi) is 3.91. The highest BCUT2D eigenvalue weighted by molar-refractivity contribution is 4.91. The van der Waals surface area contributed by atoms with Crippen molar-refractivity contribution in [1.82, 2.24) is 0 Å². The average molecular weight is 147 g/mol. The molecule has 0 unspecified atom stereocenters. The highest BCUT2D eigenvalue weighted by Crippen LogP contribution is 1.97. The van der Waals surface area contributed by atoms with Gasteiger partial charge in [-0.3, -0.25) is 0 Å². The monoisotopic (exact) mass is 147 g/mol. The molecule has 0 aliphatic rings. The van der Waals surface area contributed by atoms with Crippen LogP contribution in [0, 0.1) is 11.3 Å². The molecule has 0 spiro atoms. The number of aliphatic hydroxyl groups is 4. The van der Waals surface area contributed by atoms with Crippen molar-refractivity contribution in [3.8, 4) is 6.07 Å². The minimum absolute atomic E-state index is 0.681. The lowest BCUT2D eigenvalue weighted by Gasteiger charge is -2.15. The van der Waals surface area contributed by atoms with Crippen molar-refractivity contribution < 1.29 is 20.4 Å². The highest BCUT2D eigenvalue weighted by Gasteiger charge is 2.23. The van der Waals surface area contributed by atoms with E-state index in [2.05, 4.69) is 0 Å². The third-order valence-corrected chi connectivity index (χ3v) is 1.04. The SMILES string of the molecule is N#C[C@@H](O)[C@@H](O)[C@H](O)CO. The quantitative estimate of drug-likeness (QED) is 0.333. The van der Waals surface area contributed by atoms with Gasteiger partial charge < -0.3 is 20.4 Å². The number of hydrogen-bond acceptors (Lipinski definition) is 5. The number of aliphatic hydroxyl groups excluding tert-OH is 4. The summed E-state index contributed by atoms with van der Waals surface area (Å²) in [6.45, 7) is -0.681. The van der Waals surface area contributed by atoms with Crippen molar-refractivity contribution in [2.75, 3.05) is 6.61 Å². The molecule has 0 rings (SSSR count). The summed E-state index contributed by atoms with van der Waals surface area (Å²) in [7, 11) is 0. The molecule has 0 bridgehead atoms. The number of hydrogen-bond donors (Lipinski definition) is 4. The molecule has 0 aromatic heterocycles. The van der Waals surface area contributed by atoms with Crippen LogP contribution in [0.15, 0.2) is 0 Å². The molecule has 0 heterocycles. The van der Waals surface area contributed by atoms with Gasteiger partial charge in [0.05, 0.1) is 12.7 Å². The Bertz CT molecular complexity index is 132. The molecule has 10 heavy (non-hydrogen) atoms. The Balaban J connectivity index is 3.84. The van der Waals surface area contributed by atoms with Crippen LogP contribution in [0.2, 0.25) is 0 Å². The summed E-state index contributed by atoms with van der Waals surface area (Å²) >= 11 is 0. The van der Waals surface area contributed by atoms with E-state index in [1.807, 2.05) is 0 Å². The van der Waals surface area contributed by atoms with E-state index >= 15 is 0 Å². The molecule has 0 saturated heterocycles. The molecule has 3 atom stereocenters. The first-order valence-electron chi connectivity index (χ1n) is 2.68. The number of rotatable bonds is 3. The van der Waals surface area contributed by atoms with Gasteiger partial charge in [-0.05, 0) is 0 Å². The van der Waals surface area contributed by atoms with Gasteiger partial charge in [-0.2, -0.15) is 5.26 Å². The number of nitrogens with zero attached hydrogens (tertiary/aromatic N) is 1. The van der Waals surface area contributed by atoms with Crippen LogP contribution in [0.5, 0.6) is 0 Å². The van der Waals surface area contributed by atoms with E-state index < -0.39 is 24.9 Å². The molecule has 0 aliphatic heterocycles. The first-order valence-corrected chi connectivity index (χ1v) is 2.68. The maximum atomic E-state index is 8.70. The second-order valence-electron chi connectivity index (χ2n) is 1.81. The van der Waals surface area contributed by atoms with Crippen LogP contribution in [0.3, 0.4) is 0 Å². The van der Waals surface area contributed by atoms with Gasteiger partial charge in [-0.15, -0.1) is 0 Å². The van der Waals surface area contributed by atoms with Gasteiger partial charge in [0, 0.05) is 0 Å². The van der Waals surface area contributed by atoms with Crippen molar-refractivity contribution in [1.29, 1.82) is 5.26 Å². The van der Waals surface area contributed by atoms with Crippen LogP contribution in [0.1, 0.15) is 0 Å². The van der Waals surface area contributed by atoms with Crippen LogP contribution in [0.25, 0.3) is 0 Å². The van der Waals surface area contributed by atoms with E-state index in [9.17, 15) is 0 Å². The minimum atomic E-state index is -1.65. The molecule has 0 aromatic carbocycles. The third-order valence-electron chi connectivity index (χ3n) is 1.04. The van der Waals surface area contributed by atoms with Crippen LogP contribution >= 0.6 is 0 Å². The fraction of sp³-hybridized carbons (Fsp3) is 0.800. The van der Waals surface area contributed by atoms with Gasteiger partial charge in [0.25, 0.3) is 0 Å². The summed E-state index contributed by atoms with van der Waals surface area (Å²) in [5.74, 6) is 0. The van der Waals surface area contributed by atoms with Gasteiger partial charge in [0.1, 0.15) is 12.2 Å². The maximum Gasteiger partial charge on any atom is 0.168 e. The standard InChI is InChI=1S/C5H9NO4/c6-1-3(8)5(10)4(9)2-7/h3-5,7-10H,2H2/t3-,4-,5-/m1/s1. The van der Waals surface area contributed by atoms with E-state index in [4.69, 9.17) is 25.7 Å². The lowest BCUT2D eigenvalue weighted by atomic mass is 10.1. The second kappa shape index (κ2) is 4.19. The number of nitriles is 1. The minimum Gasteiger partial charge on any atom is -0.394 e. The summed E-state index contributed by atoms with van der Waals surface area (Å²) in [5.41, 5.74) is 0. The molecular weight excluding hydrogens is 138 g/mol. The predicted octanol–water partition coefficient (Wildman–Crippen LogP) is -2.42. The topological polar surface area (TPSA) is 105 Å². The summed E-state index contributed by atoms with van der Waals surface area (Å²) in [6, 6.07) is 1.31. The fourth-order valence-corrected chi connectivity index (χ4v) is 0.395. The Morgan fingerprint density at radius 2 is 1.80 bits per heavy atom. The lowest BCUT2D eigenvalue weighted by Crippen LogP contribution is -2.38. The normalized spacial score (nSPS) is 19.1. The maximum absolute atomic E-state index is 8.70. The highest BCUT2D eigenvalue weighted by atomic mass is 16.4. The molecule has 0 radical (unpaired) electrons. The molecule has 5 nitrogen and oxygen atoms in total. The van der Waals surface area contributed by atoms with Crippen LogP contribution in [0.4, 0.5) is 0 Å². The van der Waals surface area contributed by atoms with E-state index in [1.54, 1.807) is 0 Å². The first-order chi connectivity index (χ1) is 4.63. The van der Waals surface area contributed by atoms with Gasteiger partial charge >= 0.3 is 0 Å². The Morgan fingerprint density at radius 1 is 1.30 bits per heavy atom. The van der Waals surface area contributed by atoms with Crippen molar-refractivity contribution in [3.63, 3.8) is 0 Å². The van der Waals surface area contributed by atoms with E-state index in [0.717, 1.165) is 0 Å². The van der Waals surface area contributed by atoms with Crippen LogP contribution in [-0.4, -0.2) is 45.3 Å². The smallest absolute Gasteiger partial charge is 0.168 e. The molecule has 0 fully saturated rings. The third kappa shape index (κ3) is 2.29. The van der Waals surface area contributed by atoms with Crippen molar-refractivity contribution in [2.24, 2.45) is 0 Å². The molecule has 4 N–H and O–H groups in total. The van der Waals surface area contributed by atoms with Gasteiger partial charge in [-0.1, -0.05) is 0 Å². The molecular formula is C5H9NO4. The molecule has 0 amide bonds. The van der Waals surface area contributed by atoms with Crippen LogP contribution < -0.4 is 0 Å². The largest absolute Gasteiger partial charge is 0.394 e. The summed E-state index contributed by atoms with van der Waals surface area (Å²) in [6.07, 6.45) is -4.72. The van der Waals surface area contributed by atoms with Crippen molar-refractivity contribution in [2.45, 2.75) is 18.3 Å². The molecule has 0 aromatic rings. The summed E-state index contributed by atoms with van der Waals surface area (Å²) in [5, 5.41) is 42.1. The summed E-state index contributed by atoms with van der Waals surface area (Å²) < 4.78 is 0. The second-order valence-corrected chi connectivity index (χ2v) is 1.81. The zero-order valence-corrected chi connectivity index (χ0v) is 5.18. The van der Waals surface area contributed by atoms with Gasteiger partial charge in [0.2, 0.25) is 0 Å². The fourth-order valence-electron chi connectivity index (χ4n) is 0.395. The summed E-state index contributed by atoms with van der Waals surface area (Å²) in [4.78, 5) is 0. The Labute approximate surface area is 57.8 Å². The zero-order valence-electron chi connectivity index (χ0n) is 5.18. The molecule has 58 valence electrons. The van der Waals surface area contributed by atoms with E-state index in [1.165, 1.54) is 6.07 Å². The predicted molar refractivity (Wildman–Crippen MR) is 30.7 cm³/mol. The Hall–Kier alpha value is -0.670. The van der Waals surface area contributed by atoms with Crippen molar-refractivity contribution in [3.05, 3.63) is 0 Å². The molecule has 0 saturated carbocycles. The molecule has 5 heteroatoms. The van der Waals surface area contributed by atoms with E-state index in [-0.39, 0.29) is 0 Å². The zero-order chi connectivity index (χ0) is 8.15. The van der Waals surface area contributed by atoms with Crippen molar-refractivity contribution >= 4 is 0 Å². The van der Waals surface area contributed by atoms with Crippen LogP contribution in [-0.2, 0) is 0 Å².